The third-order valence-corrected chi connectivity index (χ3v) is 5.35. The van der Waals surface area contributed by atoms with Crippen molar-refractivity contribution in [1.29, 1.82) is 0 Å². The fourth-order valence-corrected chi connectivity index (χ4v) is 3.85. The van der Waals surface area contributed by atoms with Crippen LogP contribution < -0.4 is 15.7 Å². The third kappa shape index (κ3) is 3.13. The number of amides is 1. The zero-order chi connectivity index (χ0) is 20.7. The molecule has 0 saturated heterocycles. The van der Waals surface area contributed by atoms with Gasteiger partial charge in [-0.05, 0) is 24.3 Å². The summed E-state index contributed by atoms with van der Waals surface area (Å²) in [7, 11) is 1.58. The number of benzene rings is 2. The van der Waals surface area contributed by atoms with Crippen molar-refractivity contribution in [2.45, 2.75) is 0 Å². The monoisotopic (exact) mass is 418 g/mol. The smallest absolute Gasteiger partial charge is 0.349 e. The number of nitrogens with zero attached hydrogens (tertiary/aromatic N) is 1. The van der Waals surface area contributed by atoms with Crippen LogP contribution in [0.1, 0.15) is 10.4 Å². The van der Waals surface area contributed by atoms with E-state index in [9.17, 15) is 9.59 Å². The van der Waals surface area contributed by atoms with Crippen LogP contribution in [-0.4, -0.2) is 18.0 Å². The van der Waals surface area contributed by atoms with Crippen LogP contribution in [0, 0.1) is 0 Å². The first-order valence-electron chi connectivity index (χ1n) is 8.99. The highest BCUT2D eigenvalue weighted by atomic mass is 32.1. The minimum atomic E-state index is -0.702. The van der Waals surface area contributed by atoms with Crippen LogP contribution in [0.5, 0.6) is 5.75 Å². The van der Waals surface area contributed by atoms with Crippen molar-refractivity contribution in [2.75, 3.05) is 12.4 Å². The molecule has 0 radical (unpaired) electrons. The van der Waals surface area contributed by atoms with Crippen LogP contribution >= 0.6 is 11.3 Å². The summed E-state index contributed by atoms with van der Waals surface area (Å²) in [6.07, 6.45) is 0. The van der Waals surface area contributed by atoms with E-state index >= 15 is 0 Å². The molecule has 0 aliphatic heterocycles. The second kappa shape index (κ2) is 7.16. The van der Waals surface area contributed by atoms with E-state index in [0.29, 0.717) is 38.9 Å². The summed E-state index contributed by atoms with van der Waals surface area (Å²) >= 11 is 1.23. The van der Waals surface area contributed by atoms with Crippen molar-refractivity contribution in [3.05, 3.63) is 76.0 Å². The van der Waals surface area contributed by atoms with E-state index in [0.717, 1.165) is 5.39 Å². The lowest BCUT2D eigenvalue weighted by Crippen LogP contribution is -2.20. The largest absolute Gasteiger partial charge is 0.493 e. The molecule has 3 heterocycles. The average molecular weight is 418 g/mol. The maximum Gasteiger partial charge on any atom is 0.349 e. The van der Waals surface area contributed by atoms with Gasteiger partial charge in [-0.25, -0.2) is 9.78 Å². The highest BCUT2D eigenvalue weighted by molar-refractivity contribution is 7.14. The molecule has 5 aromatic rings. The molecular weight excluding hydrogens is 404 g/mol. The van der Waals surface area contributed by atoms with E-state index in [1.165, 1.54) is 17.4 Å². The average Bonchev–Trinajstić information content (AvgIpc) is 3.39. The van der Waals surface area contributed by atoms with Gasteiger partial charge in [0.1, 0.15) is 16.8 Å². The Kier molecular flexibility index (Phi) is 4.33. The molecule has 0 fully saturated rings. The summed E-state index contributed by atoms with van der Waals surface area (Å²) < 4.78 is 16.4. The number of carbonyl (C=O) groups is 1. The molecule has 148 valence electrons. The molecule has 5 rings (SSSR count). The first kappa shape index (κ1) is 18.1. The number of hydrogen-bond donors (Lipinski definition) is 1. The molecule has 1 amide bonds. The predicted octanol–water partition coefficient (Wildman–Crippen LogP) is 4.92. The second-order valence-corrected chi connectivity index (χ2v) is 7.32. The molecule has 0 spiro atoms. The number of para-hydroxylation sites is 2. The number of aromatic nitrogens is 1. The Balaban J connectivity index is 1.43. The number of rotatable bonds is 4. The van der Waals surface area contributed by atoms with Crippen molar-refractivity contribution < 1.29 is 18.4 Å². The standard InChI is InChI=1S/C22H14N2O5S/c1-27-17-8-4-6-13-10-18(28-19(13)17)15-11-30-22(23-15)24-20(25)14-9-12-5-2-3-7-16(12)29-21(14)26/h2-11H,1H3,(H,23,24,25). The second-order valence-electron chi connectivity index (χ2n) is 6.47. The minimum absolute atomic E-state index is 0.0843. The first-order chi connectivity index (χ1) is 14.6. The summed E-state index contributed by atoms with van der Waals surface area (Å²) in [5.41, 5.74) is 0.837. The van der Waals surface area contributed by atoms with E-state index in [-0.39, 0.29) is 5.56 Å². The number of anilines is 1. The fraction of sp³-hybridized carbons (Fsp3) is 0.0455. The summed E-state index contributed by atoms with van der Waals surface area (Å²) in [6.45, 7) is 0. The molecule has 0 aliphatic carbocycles. The molecule has 0 unspecified atom stereocenters. The molecule has 1 N–H and O–H groups in total. The van der Waals surface area contributed by atoms with Gasteiger partial charge in [0.2, 0.25) is 0 Å². The Labute approximate surface area is 173 Å². The summed E-state index contributed by atoms with van der Waals surface area (Å²) in [5, 5.41) is 6.31. The molecule has 0 bridgehead atoms. The fourth-order valence-electron chi connectivity index (χ4n) is 3.15. The zero-order valence-corrected chi connectivity index (χ0v) is 16.5. The SMILES string of the molecule is COc1cccc2cc(-c3csc(NC(=O)c4cc5ccccc5oc4=O)n3)oc12. The molecule has 30 heavy (non-hydrogen) atoms. The highest BCUT2D eigenvalue weighted by Gasteiger charge is 2.17. The van der Waals surface area contributed by atoms with Crippen LogP contribution in [-0.2, 0) is 0 Å². The predicted molar refractivity (Wildman–Crippen MR) is 114 cm³/mol. The van der Waals surface area contributed by atoms with Gasteiger partial charge in [-0.3, -0.25) is 10.1 Å². The highest BCUT2D eigenvalue weighted by Crippen LogP contribution is 2.34. The Hall–Kier alpha value is -3.91. The molecular formula is C22H14N2O5S. The van der Waals surface area contributed by atoms with Crippen molar-refractivity contribution in [3.63, 3.8) is 0 Å². The van der Waals surface area contributed by atoms with Crippen molar-refractivity contribution in [3.8, 4) is 17.2 Å². The Morgan fingerprint density at radius 2 is 1.90 bits per heavy atom. The molecule has 0 atom stereocenters. The lowest BCUT2D eigenvalue weighted by atomic mass is 10.2. The van der Waals surface area contributed by atoms with Crippen LogP contribution in [0.25, 0.3) is 33.4 Å². The Bertz CT molecular complexity index is 1460. The number of fused-ring (bicyclic) bond motifs is 2. The van der Waals surface area contributed by atoms with Gasteiger partial charge < -0.3 is 13.6 Å². The van der Waals surface area contributed by atoms with Crippen molar-refractivity contribution >= 4 is 44.3 Å². The number of hydrogen-bond acceptors (Lipinski definition) is 7. The van der Waals surface area contributed by atoms with Crippen LogP contribution in [0.2, 0.25) is 0 Å². The number of ether oxygens (including phenoxy) is 1. The number of nitrogens with one attached hydrogen (secondary N) is 1. The summed E-state index contributed by atoms with van der Waals surface area (Å²) in [4.78, 5) is 29.2. The molecule has 7 nitrogen and oxygen atoms in total. The number of methoxy groups -OCH3 is 1. The normalized spacial score (nSPS) is 11.1. The third-order valence-electron chi connectivity index (χ3n) is 4.59. The van der Waals surface area contributed by atoms with E-state index in [2.05, 4.69) is 10.3 Å². The molecule has 2 aromatic carbocycles. The summed E-state index contributed by atoms with van der Waals surface area (Å²) in [5.74, 6) is 0.601. The van der Waals surface area contributed by atoms with Gasteiger partial charge in [0, 0.05) is 16.2 Å². The van der Waals surface area contributed by atoms with Gasteiger partial charge in [0.15, 0.2) is 22.2 Å². The Morgan fingerprint density at radius 1 is 1.07 bits per heavy atom. The van der Waals surface area contributed by atoms with E-state index < -0.39 is 11.5 Å². The van der Waals surface area contributed by atoms with E-state index in [1.54, 1.807) is 36.8 Å². The maximum atomic E-state index is 12.6. The van der Waals surface area contributed by atoms with Gasteiger partial charge in [-0.2, -0.15) is 0 Å². The molecule has 3 aromatic heterocycles. The number of furan rings is 1. The molecule has 0 aliphatic rings. The lowest BCUT2D eigenvalue weighted by molar-refractivity contribution is 0.102. The topological polar surface area (TPSA) is 94.6 Å². The quantitative estimate of drug-likeness (QED) is 0.416. The van der Waals surface area contributed by atoms with Gasteiger partial charge in [-0.1, -0.05) is 30.3 Å². The maximum absolute atomic E-state index is 12.6. The summed E-state index contributed by atoms with van der Waals surface area (Å²) in [6, 6.07) is 16.0. The van der Waals surface area contributed by atoms with Crippen LogP contribution in [0.4, 0.5) is 5.13 Å². The van der Waals surface area contributed by atoms with Crippen molar-refractivity contribution in [1.82, 2.24) is 4.98 Å². The Morgan fingerprint density at radius 3 is 2.77 bits per heavy atom. The van der Waals surface area contributed by atoms with Gasteiger partial charge in [0.05, 0.1) is 7.11 Å². The van der Waals surface area contributed by atoms with Crippen molar-refractivity contribution in [2.24, 2.45) is 0 Å². The van der Waals surface area contributed by atoms with E-state index in [1.807, 2.05) is 24.3 Å². The zero-order valence-electron chi connectivity index (χ0n) is 15.7. The van der Waals surface area contributed by atoms with Gasteiger partial charge in [-0.15, -0.1) is 11.3 Å². The van der Waals surface area contributed by atoms with Crippen LogP contribution in [0.15, 0.2) is 73.6 Å². The number of carbonyl (C=O) groups excluding carboxylic acids is 1. The molecule has 8 heteroatoms. The minimum Gasteiger partial charge on any atom is -0.493 e. The first-order valence-corrected chi connectivity index (χ1v) is 9.87. The van der Waals surface area contributed by atoms with E-state index in [4.69, 9.17) is 13.6 Å². The molecule has 0 saturated carbocycles. The lowest BCUT2D eigenvalue weighted by Gasteiger charge is -2.02. The van der Waals surface area contributed by atoms with Gasteiger partial charge in [0.25, 0.3) is 5.91 Å². The number of thiazole rings is 1. The van der Waals surface area contributed by atoms with Gasteiger partial charge >= 0.3 is 5.63 Å². The van der Waals surface area contributed by atoms with Crippen LogP contribution in [0.3, 0.4) is 0 Å².